The second kappa shape index (κ2) is 3.29. The summed E-state index contributed by atoms with van der Waals surface area (Å²) >= 11 is 6.06. The zero-order valence-electron chi connectivity index (χ0n) is 8.73. The summed E-state index contributed by atoms with van der Waals surface area (Å²) in [6.07, 6.45) is -4.41. The van der Waals surface area contributed by atoms with Crippen molar-refractivity contribution in [2.75, 3.05) is 0 Å². The normalized spacial score (nSPS) is 22.8. The molecular formula is C11H10ClF3O. The van der Waals surface area contributed by atoms with Crippen LogP contribution < -0.4 is 4.74 Å². The smallest absolute Gasteiger partial charge is 0.419 e. The van der Waals surface area contributed by atoms with Crippen LogP contribution in [0, 0.1) is 0 Å². The number of halogens is 4. The van der Waals surface area contributed by atoms with Gasteiger partial charge in [0.25, 0.3) is 0 Å². The summed E-state index contributed by atoms with van der Waals surface area (Å²) in [5.41, 5.74) is -1.17. The number of hydrogen-bond acceptors (Lipinski definition) is 1. The zero-order chi connectivity index (χ0) is 12.1. The highest BCUT2D eigenvalue weighted by Crippen LogP contribution is 2.51. The molecule has 1 aliphatic rings. The van der Waals surface area contributed by atoms with Crippen LogP contribution in [-0.2, 0) is 6.18 Å². The van der Waals surface area contributed by atoms with Crippen LogP contribution in [0.4, 0.5) is 13.2 Å². The second-order valence-corrected chi connectivity index (χ2v) is 4.73. The van der Waals surface area contributed by atoms with Gasteiger partial charge in [-0.05, 0) is 19.9 Å². The van der Waals surface area contributed by atoms with E-state index in [1.54, 1.807) is 19.9 Å². The summed E-state index contributed by atoms with van der Waals surface area (Å²) in [7, 11) is 0. The van der Waals surface area contributed by atoms with Gasteiger partial charge >= 0.3 is 6.18 Å². The van der Waals surface area contributed by atoms with Gasteiger partial charge in [-0.15, -0.1) is 11.6 Å². The lowest BCUT2D eigenvalue weighted by atomic mass is 10.00. The first kappa shape index (κ1) is 11.6. The summed E-state index contributed by atoms with van der Waals surface area (Å²) < 4.78 is 43.4. The van der Waals surface area contributed by atoms with Gasteiger partial charge in [-0.2, -0.15) is 13.2 Å². The van der Waals surface area contributed by atoms with Crippen LogP contribution in [0.1, 0.15) is 30.4 Å². The van der Waals surface area contributed by atoms with E-state index in [2.05, 4.69) is 0 Å². The average Bonchev–Trinajstić information content (AvgIpc) is 2.36. The van der Waals surface area contributed by atoms with Crippen LogP contribution in [0.2, 0.25) is 0 Å². The predicted molar refractivity (Wildman–Crippen MR) is 54.7 cm³/mol. The van der Waals surface area contributed by atoms with Gasteiger partial charge in [0.2, 0.25) is 0 Å². The van der Waals surface area contributed by atoms with E-state index in [0.717, 1.165) is 6.07 Å². The molecule has 0 bridgehead atoms. The van der Waals surface area contributed by atoms with Gasteiger partial charge in [-0.3, -0.25) is 0 Å². The summed E-state index contributed by atoms with van der Waals surface area (Å²) in [6.45, 7) is 3.34. The van der Waals surface area contributed by atoms with E-state index in [1.807, 2.05) is 0 Å². The summed E-state index contributed by atoms with van der Waals surface area (Å²) in [5.74, 6) is -0.139. The molecule has 1 aliphatic heterocycles. The lowest BCUT2D eigenvalue weighted by molar-refractivity contribution is -0.139. The molecule has 16 heavy (non-hydrogen) atoms. The van der Waals surface area contributed by atoms with Gasteiger partial charge in [0.1, 0.15) is 16.7 Å². The van der Waals surface area contributed by atoms with Gasteiger partial charge < -0.3 is 4.74 Å². The lowest BCUT2D eigenvalue weighted by Gasteiger charge is -2.21. The number of para-hydroxylation sites is 1. The van der Waals surface area contributed by atoms with E-state index >= 15 is 0 Å². The highest BCUT2D eigenvalue weighted by atomic mass is 35.5. The Morgan fingerprint density at radius 2 is 1.94 bits per heavy atom. The average molecular weight is 251 g/mol. The Labute approximate surface area is 96.2 Å². The zero-order valence-corrected chi connectivity index (χ0v) is 9.49. The first-order valence-corrected chi connectivity index (χ1v) is 5.20. The molecule has 1 aromatic carbocycles. The van der Waals surface area contributed by atoms with E-state index in [-0.39, 0.29) is 5.75 Å². The molecule has 0 aliphatic carbocycles. The molecular weight excluding hydrogens is 241 g/mol. The molecule has 0 radical (unpaired) electrons. The molecule has 0 aromatic heterocycles. The third-order valence-corrected chi connectivity index (χ3v) is 3.36. The summed E-state index contributed by atoms with van der Waals surface area (Å²) in [5, 5.41) is -0.565. The van der Waals surface area contributed by atoms with Gasteiger partial charge in [0, 0.05) is 5.56 Å². The van der Waals surface area contributed by atoms with Crippen LogP contribution in [0.15, 0.2) is 18.2 Å². The number of fused-ring (bicyclic) bond motifs is 1. The minimum atomic E-state index is -4.41. The fourth-order valence-corrected chi connectivity index (χ4v) is 2.00. The molecule has 1 aromatic rings. The Bertz CT molecular complexity index is 426. The number of hydrogen-bond donors (Lipinski definition) is 0. The number of alkyl halides is 4. The number of ether oxygens (including phenoxy) is 1. The van der Waals surface area contributed by atoms with Crippen molar-refractivity contribution < 1.29 is 17.9 Å². The van der Waals surface area contributed by atoms with Crippen molar-refractivity contribution in [1.82, 2.24) is 0 Å². The Morgan fingerprint density at radius 3 is 2.50 bits per heavy atom. The molecule has 1 nitrogen and oxygen atoms in total. The SMILES string of the molecule is CC1(C)Oc2c(cccc2C(F)(F)F)C1Cl. The Hall–Kier alpha value is -0.900. The molecule has 88 valence electrons. The van der Waals surface area contributed by atoms with E-state index in [1.165, 1.54) is 6.07 Å². The third-order valence-electron chi connectivity index (χ3n) is 2.60. The first-order chi connectivity index (χ1) is 7.23. The monoisotopic (exact) mass is 250 g/mol. The summed E-state index contributed by atoms with van der Waals surface area (Å²) in [4.78, 5) is 0. The Morgan fingerprint density at radius 1 is 1.31 bits per heavy atom. The van der Waals surface area contributed by atoms with Crippen LogP contribution in [0.3, 0.4) is 0 Å². The first-order valence-electron chi connectivity index (χ1n) is 4.76. The molecule has 1 heterocycles. The minimum Gasteiger partial charge on any atom is -0.485 e. The standard InChI is InChI=1S/C11H10ClF3O/c1-10(2)9(12)6-4-3-5-7(8(6)16-10)11(13,14)15/h3-5,9H,1-2H3. The van der Waals surface area contributed by atoms with Crippen LogP contribution in [-0.4, -0.2) is 5.60 Å². The van der Waals surface area contributed by atoms with Crippen molar-refractivity contribution in [3.05, 3.63) is 29.3 Å². The van der Waals surface area contributed by atoms with E-state index in [0.29, 0.717) is 5.56 Å². The van der Waals surface area contributed by atoms with Gasteiger partial charge in [0.15, 0.2) is 0 Å². The van der Waals surface area contributed by atoms with Crippen LogP contribution >= 0.6 is 11.6 Å². The molecule has 0 saturated heterocycles. The molecule has 0 N–H and O–H groups in total. The number of benzene rings is 1. The highest BCUT2D eigenvalue weighted by Gasteiger charge is 2.45. The van der Waals surface area contributed by atoms with E-state index in [4.69, 9.17) is 16.3 Å². The fraction of sp³-hybridized carbons (Fsp3) is 0.455. The van der Waals surface area contributed by atoms with Crippen LogP contribution in [0.25, 0.3) is 0 Å². The van der Waals surface area contributed by atoms with Crippen molar-refractivity contribution in [3.63, 3.8) is 0 Å². The molecule has 1 atom stereocenters. The summed E-state index contributed by atoms with van der Waals surface area (Å²) in [6, 6.07) is 3.92. The maximum absolute atomic E-state index is 12.7. The molecule has 2 rings (SSSR count). The molecule has 0 amide bonds. The van der Waals surface area contributed by atoms with Gasteiger partial charge in [0.05, 0.1) is 5.56 Å². The quantitative estimate of drug-likeness (QED) is 0.629. The molecule has 0 saturated carbocycles. The maximum Gasteiger partial charge on any atom is 0.419 e. The van der Waals surface area contributed by atoms with Crippen LogP contribution in [0.5, 0.6) is 5.75 Å². The molecule has 0 spiro atoms. The second-order valence-electron chi connectivity index (χ2n) is 4.29. The van der Waals surface area contributed by atoms with E-state index < -0.39 is 22.7 Å². The molecule has 5 heteroatoms. The Kier molecular flexibility index (Phi) is 2.38. The lowest BCUT2D eigenvalue weighted by Crippen LogP contribution is -2.27. The molecule has 1 unspecified atom stereocenters. The van der Waals surface area contributed by atoms with Crippen molar-refractivity contribution in [1.29, 1.82) is 0 Å². The van der Waals surface area contributed by atoms with Crippen molar-refractivity contribution in [3.8, 4) is 5.75 Å². The molecule has 0 fully saturated rings. The predicted octanol–water partition coefficient (Wildman–Crippen LogP) is 4.16. The maximum atomic E-state index is 12.7. The largest absolute Gasteiger partial charge is 0.485 e. The fourth-order valence-electron chi connectivity index (χ4n) is 1.78. The highest BCUT2D eigenvalue weighted by molar-refractivity contribution is 6.22. The van der Waals surface area contributed by atoms with Crippen molar-refractivity contribution in [2.24, 2.45) is 0 Å². The van der Waals surface area contributed by atoms with Gasteiger partial charge in [-0.1, -0.05) is 12.1 Å². The topological polar surface area (TPSA) is 9.23 Å². The van der Waals surface area contributed by atoms with E-state index in [9.17, 15) is 13.2 Å². The third kappa shape index (κ3) is 1.65. The van der Waals surface area contributed by atoms with Gasteiger partial charge in [-0.25, -0.2) is 0 Å². The minimum absolute atomic E-state index is 0.139. The van der Waals surface area contributed by atoms with Crippen molar-refractivity contribution >= 4 is 11.6 Å². The van der Waals surface area contributed by atoms with Crippen molar-refractivity contribution in [2.45, 2.75) is 31.0 Å². The number of rotatable bonds is 0. The Balaban J connectivity index is 2.58.